The lowest BCUT2D eigenvalue weighted by molar-refractivity contribution is 0.527. The standard InChI is InChI=1S/C17H19BrClN3S/c1-2-3-8-21-12-9-13(19)22-15-14(18)16(23-17(12)15)10-6-4-5-7-11(10)20/h2-5,9-11H,6-8,20H2,1H3,(H,21,22)/b3-2+/t10-,11-/m1/s1. The molecule has 0 aliphatic heterocycles. The first-order valence-corrected chi connectivity index (χ1v) is 9.64. The smallest absolute Gasteiger partial charge is 0.131 e. The van der Waals surface area contributed by atoms with Crippen LogP contribution in [0.4, 0.5) is 5.69 Å². The van der Waals surface area contributed by atoms with Crippen LogP contribution in [0.2, 0.25) is 5.15 Å². The lowest BCUT2D eigenvalue weighted by atomic mass is 9.88. The van der Waals surface area contributed by atoms with Crippen LogP contribution in [-0.2, 0) is 0 Å². The van der Waals surface area contributed by atoms with Gasteiger partial charge in [0.1, 0.15) is 5.15 Å². The van der Waals surface area contributed by atoms with Crippen molar-refractivity contribution in [3.8, 4) is 0 Å². The fourth-order valence-corrected chi connectivity index (χ4v) is 5.28. The molecule has 23 heavy (non-hydrogen) atoms. The molecule has 6 heteroatoms. The molecule has 0 bridgehead atoms. The zero-order valence-electron chi connectivity index (χ0n) is 12.9. The van der Waals surface area contributed by atoms with Crippen LogP contribution in [0.5, 0.6) is 0 Å². The molecule has 0 saturated heterocycles. The Morgan fingerprint density at radius 3 is 3.00 bits per heavy atom. The van der Waals surface area contributed by atoms with Gasteiger partial charge in [0.25, 0.3) is 0 Å². The molecule has 0 amide bonds. The van der Waals surface area contributed by atoms with Gasteiger partial charge in [-0.2, -0.15) is 0 Å². The zero-order valence-corrected chi connectivity index (χ0v) is 16.0. The minimum Gasteiger partial charge on any atom is -0.380 e. The third-order valence-corrected chi connectivity index (χ3v) is 6.65. The van der Waals surface area contributed by atoms with Crippen molar-refractivity contribution in [3.63, 3.8) is 0 Å². The Hall–Kier alpha value is -0.880. The number of nitrogens with one attached hydrogen (secondary N) is 1. The van der Waals surface area contributed by atoms with Crippen LogP contribution in [0.25, 0.3) is 10.2 Å². The van der Waals surface area contributed by atoms with E-state index in [0.717, 1.165) is 39.8 Å². The summed E-state index contributed by atoms with van der Waals surface area (Å²) in [4.78, 5) is 5.78. The van der Waals surface area contributed by atoms with E-state index < -0.39 is 0 Å². The lowest BCUT2D eigenvalue weighted by Crippen LogP contribution is -2.29. The predicted octanol–water partition coefficient (Wildman–Crippen LogP) is 5.46. The Labute approximate surface area is 153 Å². The maximum Gasteiger partial charge on any atom is 0.131 e. The molecule has 3 nitrogen and oxygen atoms in total. The van der Waals surface area contributed by atoms with Gasteiger partial charge in [-0.25, -0.2) is 4.98 Å². The van der Waals surface area contributed by atoms with Crippen molar-refractivity contribution >= 4 is 54.8 Å². The third-order valence-electron chi connectivity index (χ3n) is 4.04. The van der Waals surface area contributed by atoms with Crippen LogP contribution in [-0.4, -0.2) is 17.6 Å². The number of thiophene rings is 1. The maximum atomic E-state index is 6.33. The van der Waals surface area contributed by atoms with Gasteiger partial charge in [0.2, 0.25) is 0 Å². The summed E-state index contributed by atoms with van der Waals surface area (Å²) in [6.45, 7) is 2.77. The van der Waals surface area contributed by atoms with Gasteiger partial charge < -0.3 is 11.1 Å². The molecule has 3 N–H and O–H groups in total. The van der Waals surface area contributed by atoms with Gasteiger partial charge in [-0.05, 0) is 35.7 Å². The molecule has 122 valence electrons. The summed E-state index contributed by atoms with van der Waals surface area (Å²) in [5.41, 5.74) is 8.27. The number of fused-ring (bicyclic) bond motifs is 1. The largest absolute Gasteiger partial charge is 0.380 e. The number of hydrogen-bond donors (Lipinski definition) is 2. The van der Waals surface area contributed by atoms with Crippen LogP contribution < -0.4 is 11.1 Å². The Balaban J connectivity index is 2.06. The van der Waals surface area contributed by atoms with E-state index >= 15 is 0 Å². The highest BCUT2D eigenvalue weighted by Gasteiger charge is 2.27. The van der Waals surface area contributed by atoms with E-state index in [1.54, 1.807) is 11.3 Å². The van der Waals surface area contributed by atoms with Gasteiger partial charge >= 0.3 is 0 Å². The average molecular weight is 413 g/mol. The van der Waals surface area contributed by atoms with Crippen molar-refractivity contribution in [2.45, 2.75) is 31.7 Å². The number of allylic oxidation sites excluding steroid dienone is 2. The molecule has 2 aromatic rings. The van der Waals surface area contributed by atoms with Crippen LogP contribution in [0.1, 0.15) is 30.6 Å². The van der Waals surface area contributed by atoms with Crippen molar-refractivity contribution in [1.82, 2.24) is 4.98 Å². The monoisotopic (exact) mass is 411 g/mol. The topological polar surface area (TPSA) is 50.9 Å². The summed E-state index contributed by atoms with van der Waals surface area (Å²) < 4.78 is 2.16. The fraction of sp³-hybridized carbons (Fsp3) is 0.353. The van der Waals surface area contributed by atoms with Crippen LogP contribution >= 0.6 is 38.9 Å². The number of pyridine rings is 1. The quantitative estimate of drug-likeness (QED) is 0.518. The molecule has 0 saturated carbocycles. The number of hydrogen-bond acceptors (Lipinski definition) is 4. The molecule has 2 aromatic heterocycles. The Bertz CT molecular complexity index is 769. The number of aromatic nitrogens is 1. The molecule has 0 unspecified atom stereocenters. The Morgan fingerprint density at radius 1 is 1.48 bits per heavy atom. The maximum absolute atomic E-state index is 6.33. The summed E-state index contributed by atoms with van der Waals surface area (Å²) in [7, 11) is 0. The molecule has 2 heterocycles. The van der Waals surface area contributed by atoms with Crippen LogP contribution in [0.15, 0.2) is 34.8 Å². The molecular formula is C17H19BrClN3S. The van der Waals surface area contributed by atoms with E-state index in [1.807, 2.05) is 19.1 Å². The second kappa shape index (κ2) is 7.34. The normalized spacial score (nSPS) is 21.4. The van der Waals surface area contributed by atoms with Crippen molar-refractivity contribution in [2.24, 2.45) is 5.73 Å². The second-order valence-electron chi connectivity index (χ2n) is 5.61. The number of nitrogens with two attached hydrogens (primary N) is 1. The van der Waals surface area contributed by atoms with E-state index in [4.69, 9.17) is 17.3 Å². The molecule has 3 rings (SSSR count). The summed E-state index contributed by atoms with van der Waals surface area (Å²) in [5, 5.41) is 3.92. The van der Waals surface area contributed by atoms with E-state index in [2.05, 4.69) is 44.5 Å². The number of halogens is 2. The first kappa shape index (κ1) is 17.0. The van der Waals surface area contributed by atoms with E-state index in [9.17, 15) is 0 Å². The van der Waals surface area contributed by atoms with Gasteiger partial charge in [0.15, 0.2) is 0 Å². The van der Waals surface area contributed by atoms with E-state index in [1.165, 1.54) is 4.88 Å². The molecular weight excluding hydrogens is 394 g/mol. The molecule has 0 fully saturated rings. The Kier molecular flexibility index (Phi) is 5.42. The minimum absolute atomic E-state index is 0.152. The second-order valence-corrected chi connectivity index (χ2v) is 7.85. The van der Waals surface area contributed by atoms with Crippen molar-refractivity contribution < 1.29 is 0 Å². The van der Waals surface area contributed by atoms with Crippen molar-refractivity contribution in [1.29, 1.82) is 0 Å². The summed E-state index contributed by atoms with van der Waals surface area (Å²) in [5.74, 6) is 0.329. The van der Waals surface area contributed by atoms with Gasteiger partial charge in [-0.15, -0.1) is 11.3 Å². The zero-order chi connectivity index (χ0) is 16.4. The van der Waals surface area contributed by atoms with Gasteiger partial charge in [-0.3, -0.25) is 0 Å². The average Bonchev–Trinajstić information content (AvgIpc) is 2.85. The Morgan fingerprint density at radius 2 is 2.26 bits per heavy atom. The van der Waals surface area contributed by atoms with Crippen LogP contribution in [0.3, 0.4) is 0 Å². The SMILES string of the molecule is C/C=C/CNc1cc(Cl)nc2c(Br)c([C@@H]3CC=CC[C@H]3N)sc12. The predicted molar refractivity (Wildman–Crippen MR) is 105 cm³/mol. The van der Waals surface area contributed by atoms with Crippen LogP contribution in [0, 0.1) is 0 Å². The first-order valence-electron chi connectivity index (χ1n) is 7.65. The molecule has 0 spiro atoms. The lowest BCUT2D eigenvalue weighted by Gasteiger charge is -2.24. The first-order chi connectivity index (χ1) is 11.1. The molecule has 0 aromatic carbocycles. The van der Waals surface area contributed by atoms with E-state index in [-0.39, 0.29) is 6.04 Å². The third kappa shape index (κ3) is 3.48. The number of nitrogens with zero attached hydrogens (tertiary/aromatic N) is 1. The summed E-state index contributed by atoms with van der Waals surface area (Å²) >= 11 is 11.7. The van der Waals surface area contributed by atoms with Gasteiger partial charge in [0, 0.05) is 29.4 Å². The number of rotatable bonds is 4. The highest BCUT2D eigenvalue weighted by Crippen LogP contribution is 2.45. The van der Waals surface area contributed by atoms with Crippen molar-refractivity contribution in [2.75, 3.05) is 11.9 Å². The molecule has 0 radical (unpaired) electrons. The summed E-state index contributed by atoms with van der Waals surface area (Å²) in [6, 6.07) is 2.04. The van der Waals surface area contributed by atoms with Gasteiger partial charge in [-0.1, -0.05) is 35.9 Å². The fourth-order valence-electron chi connectivity index (χ4n) is 2.82. The van der Waals surface area contributed by atoms with Gasteiger partial charge in [0.05, 0.1) is 20.4 Å². The number of anilines is 1. The highest BCUT2D eigenvalue weighted by molar-refractivity contribution is 9.10. The minimum atomic E-state index is 0.152. The van der Waals surface area contributed by atoms with Crippen molar-refractivity contribution in [3.05, 3.63) is 44.9 Å². The van der Waals surface area contributed by atoms with E-state index in [0.29, 0.717) is 11.1 Å². The molecule has 2 atom stereocenters. The summed E-state index contributed by atoms with van der Waals surface area (Å²) in [6.07, 6.45) is 10.4. The highest BCUT2D eigenvalue weighted by atomic mass is 79.9. The molecule has 1 aliphatic carbocycles. The molecule has 1 aliphatic rings.